The maximum Gasteiger partial charge on any atom is 0.355 e. The number of hydrogen-bond acceptors (Lipinski definition) is 4. The van der Waals surface area contributed by atoms with Gasteiger partial charge in [-0.1, -0.05) is 0 Å². The average molecular weight is 373 g/mol. The van der Waals surface area contributed by atoms with Crippen molar-refractivity contribution in [2.24, 2.45) is 0 Å². The van der Waals surface area contributed by atoms with Crippen molar-refractivity contribution in [3.63, 3.8) is 0 Å². The summed E-state index contributed by atoms with van der Waals surface area (Å²) in [5, 5.41) is 13.4. The van der Waals surface area contributed by atoms with Crippen LogP contribution in [0.25, 0.3) is 0 Å². The van der Waals surface area contributed by atoms with E-state index in [2.05, 4.69) is 26.2 Å². The zero-order valence-electron chi connectivity index (χ0n) is 10.6. The quantitative estimate of drug-likeness (QED) is 0.845. The lowest BCUT2D eigenvalue weighted by molar-refractivity contribution is 0.0690. The van der Waals surface area contributed by atoms with Crippen molar-refractivity contribution in [1.29, 1.82) is 0 Å². The Bertz CT molecular complexity index is 690. The van der Waals surface area contributed by atoms with Gasteiger partial charge in [0, 0.05) is 23.9 Å². The first kappa shape index (κ1) is 15.6. The second-order valence-electron chi connectivity index (χ2n) is 4.07. The molecule has 5 nitrogen and oxygen atoms in total. The lowest BCUT2D eigenvalue weighted by Crippen LogP contribution is -2.25. The molecule has 0 spiro atoms. The maximum atomic E-state index is 13.3. The van der Waals surface area contributed by atoms with Crippen LogP contribution in [-0.2, 0) is 6.42 Å². The maximum absolute atomic E-state index is 13.3. The van der Waals surface area contributed by atoms with Gasteiger partial charge < -0.3 is 10.4 Å². The molecular weight excluding hydrogens is 363 g/mol. The molecule has 0 aliphatic heterocycles. The van der Waals surface area contributed by atoms with Crippen molar-refractivity contribution in [3.05, 3.63) is 50.1 Å². The van der Waals surface area contributed by atoms with E-state index in [0.29, 0.717) is 22.4 Å². The number of carboxylic acid groups (broad SMARTS) is 1. The molecule has 1 heterocycles. The minimum atomic E-state index is -1.08. The van der Waals surface area contributed by atoms with Crippen LogP contribution in [0.2, 0.25) is 0 Å². The summed E-state index contributed by atoms with van der Waals surface area (Å²) in [5.74, 6) is -1.98. The first-order chi connectivity index (χ1) is 9.97. The molecule has 0 atom stereocenters. The highest BCUT2D eigenvalue weighted by molar-refractivity contribution is 9.10. The summed E-state index contributed by atoms with van der Waals surface area (Å²) in [5.41, 5.74) is 0.220. The van der Waals surface area contributed by atoms with Crippen molar-refractivity contribution in [2.45, 2.75) is 6.42 Å². The van der Waals surface area contributed by atoms with Gasteiger partial charge in [-0.25, -0.2) is 14.2 Å². The highest BCUT2D eigenvalue weighted by Crippen LogP contribution is 2.16. The van der Waals surface area contributed by atoms with Crippen molar-refractivity contribution in [1.82, 2.24) is 10.3 Å². The fraction of sp³-hybridized carbons (Fsp3) is 0.154. The van der Waals surface area contributed by atoms with E-state index < -0.39 is 17.7 Å². The molecule has 2 N–H and O–H groups in total. The van der Waals surface area contributed by atoms with E-state index in [1.165, 1.54) is 28.8 Å². The van der Waals surface area contributed by atoms with Gasteiger partial charge in [0.15, 0.2) is 5.69 Å². The minimum Gasteiger partial charge on any atom is -0.476 e. The van der Waals surface area contributed by atoms with E-state index in [4.69, 9.17) is 5.11 Å². The number of amides is 1. The summed E-state index contributed by atoms with van der Waals surface area (Å²) in [6.07, 6.45) is 0.419. The van der Waals surface area contributed by atoms with Crippen LogP contribution >= 0.6 is 27.3 Å². The predicted molar refractivity (Wildman–Crippen MR) is 79.2 cm³/mol. The molecule has 0 bridgehead atoms. The number of hydrogen-bond donors (Lipinski definition) is 2. The highest BCUT2D eigenvalue weighted by Gasteiger charge is 2.10. The lowest BCUT2D eigenvalue weighted by Gasteiger charge is -2.04. The predicted octanol–water partition coefficient (Wildman–Crippen LogP) is 2.72. The first-order valence-corrected chi connectivity index (χ1v) is 7.55. The molecule has 1 aromatic heterocycles. The van der Waals surface area contributed by atoms with E-state index in [1.54, 1.807) is 0 Å². The van der Waals surface area contributed by atoms with Crippen LogP contribution in [0.3, 0.4) is 0 Å². The fourth-order valence-electron chi connectivity index (χ4n) is 1.55. The number of carboxylic acids is 1. The van der Waals surface area contributed by atoms with E-state index >= 15 is 0 Å². The molecule has 21 heavy (non-hydrogen) atoms. The molecule has 0 aliphatic carbocycles. The summed E-state index contributed by atoms with van der Waals surface area (Å²) in [4.78, 5) is 26.4. The Kier molecular flexibility index (Phi) is 5.03. The summed E-state index contributed by atoms with van der Waals surface area (Å²) < 4.78 is 13.6. The Morgan fingerprint density at radius 2 is 2.19 bits per heavy atom. The molecule has 1 aromatic carbocycles. The van der Waals surface area contributed by atoms with Gasteiger partial charge in [0.1, 0.15) is 5.82 Å². The van der Waals surface area contributed by atoms with Crippen LogP contribution in [0.5, 0.6) is 0 Å². The molecule has 0 radical (unpaired) electrons. The number of nitrogens with one attached hydrogen (secondary N) is 1. The van der Waals surface area contributed by atoms with Gasteiger partial charge in [0.2, 0.25) is 0 Å². The molecular formula is C13H10BrFN2O3S. The van der Waals surface area contributed by atoms with Gasteiger partial charge in [-0.2, -0.15) is 0 Å². The number of thiazole rings is 1. The van der Waals surface area contributed by atoms with Gasteiger partial charge in [0.25, 0.3) is 5.91 Å². The highest BCUT2D eigenvalue weighted by atomic mass is 79.9. The van der Waals surface area contributed by atoms with Crippen molar-refractivity contribution in [2.75, 3.05) is 6.54 Å². The number of nitrogens with zero attached hydrogens (tertiary/aromatic N) is 1. The molecule has 8 heteroatoms. The number of benzene rings is 1. The summed E-state index contributed by atoms with van der Waals surface area (Å²) in [6.45, 7) is 0.295. The molecule has 2 rings (SSSR count). The molecule has 110 valence electrons. The first-order valence-electron chi connectivity index (χ1n) is 5.88. The SMILES string of the molecule is O=C(NCCc1nc(C(=O)O)cs1)c1ccc(Br)c(F)c1. The van der Waals surface area contributed by atoms with Gasteiger partial charge >= 0.3 is 5.97 Å². The normalized spacial score (nSPS) is 10.4. The minimum absolute atomic E-state index is 0.00342. The number of rotatable bonds is 5. The summed E-state index contributed by atoms with van der Waals surface area (Å²) >= 11 is 4.23. The zero-order valence-corrected chi connectivity index (χ0v) is 13.0. The van der Waals surface area contributed by atoms with Gasteiger partial charge in [-0.05, 0) is 34.1 Å². The van der Waals surface area contributed by atoms with Crippen molar-refractivity contribution < 1.29 is 19.1 Å². The van der Waals surface area contributed by atoms with Gasteiger partial charge in [0.05, 0.1) is 9.48 Å². The van der Waals surface area contributed by atoms with Crippen molar-refractivity contribution >= 4 is 39.1 Å². The third-order valence-corrected chi connectivity index (χ3v) is 4.13. The lowest BCUT2D eigenvalue weighted by atomic mass is 10.2. The second kappa shape index (κ2) is 6.77. The molecule has 2 aromatic rings. The Labute approximate surface area is 132 Å². The Hall–Kier alpha value is -1.80. The van der Waals surface area contributed by atoms with Crippen LogP contribution in [0.4, 0.5) is 4.39 Å². The number of carbonyl (C=O) groups excluding carboxylic acids is 1. The third kappa shape index (κ3) is 4.08. The number of carbonyl (C=O) groups is 2. The van der Waals surface area contributed by atoms with Gasteiger partial charge in [-0.15, -0.1) is 11.3 Å². The van der Waals surface area contributed by atoms with Crippen LogP contribution in [0.1, 0.15) is 25.9 Å². The molecule has 0 aliphatic rings. The Morgan fingerprint density at radius 3 is 2.81 bits per heavy atom. The Morgan fingerprint density at radius 1 is 1.43 bits per heavy atom. The zero-order chi connectivity index (χ0) is 15.4. The summed E-state index contributed by atoms with van der Waals surface area (Å²) in [7, 11) is 0. The number of aromatic nitrogens is 1. The Balaban J connectivity index is 1.88. The largest absolute Gasteiger partial charge is 0.476 e. The smallest absolute Gasteiger partial charge is 0.355 e. The number of aromatic carboxylic acids is 1. The van der Waals surface area contributed by atoms with E-state index in [1.807, 2.05) is 0 Å². The molecule has 0 fully saturated rings. The molecule has 0 saturated carbocycles. The summed E-state index contributed by atoms with van der Waals surface area (Å²) in [6, 6.07) is 4.12. The molecule has 0 saturated heterocycles. The molecule has 0 unspecified atom stereocenters. The van der Waals surface area contributed by atoms with E-state index in [-0.39, 0.29) is 11.3 Å². The van der Waals surface area contributed by atoms with Crippen LogP contribution in [0, 0.1) is 5.82 Å². The molecule has 1 amide bonds. The standard InChI is InChI=1S/C13H10BrFN2O3S/c14-8-2-1-7(5-9(8)15)12(18)16-4-3-11-17-10(6-21-11)13(19)20/h1-2,5-6H,3-4H2,(H,16,18)(H,19,20). The number of halogens is 2. The van der Waals surface area contributed by atoms with Crippen molar-refractivity contribution in [3.8, 4) is 0 Å². The van der Waals surface area contributed by atoms with Crippen LogP contribution in [-0.4, -0.2) is 28.5 Å². The van der Waals surface area contributed by atoms with Crippen LogP contribution in [0.15, 0.2) is 28.1 Å². The third-order valence-electron chi connectivity index (χ3n) is 2.58. The topological polar surface area (TPSA) is 79.3 Å². The van der Waals surface area contributed by atoms with E-state index in [9.17, 15) is 14.0 Å². The van der Waals surface area contributed by atoms with Gasteiger partial charge in [-0.3, -0.25) is 4.79 Å². The second-order valence-corrected chi connectivity index (χ2v) is 5.86. The van der Waals surface area contributed by atoms with E-state index in [0.717, 1.165) is 6.07 Å². The monoisotopic (exact) mass is 372 g/mol. The van der Waals surface area contributed by atoms with Crippen LogP contribution < -0.4 is 5.32 Å². The average Bonchev–Trinajstić information content (AvgIpc) is 2.91. The fourth-order valence-corrected chi connectivity index (χ4v) is 2.57.